The monoisotopic (exact) mass is 422 g/mol. The molecule has 30 heavy (non-hydrogen) atoms. The summed E-state index contributed by atoms with van der Waals surface area (Å²) in [6, 6.07) is 16.6. The second kappa shape index (κ2) is 8.24. The highest BCUT2D eigenvalue weighted by Gasteiger charge is 2.48. The zero-order chi connectivity index (χ0) is 21.5. The Bertz CT molecular complexity index is 977. The van der Waals surface area contributed by atoms with Crippen LogP contribution in [-0.2, 0) is 16.0 Å². The first-order valence-corrected chi connectivity index (χ1v) is 11.4. The molecular weight excluding hydrogens is 392 g/mol. The van der Waals surface area contributed by atoms with E-state index in [1.165, 1.54) is 21.6 Å². The van der Waals surface area contributed by atoms with Crippen LogP contribution in [-0.4, -0.2) is 25.3 Å². The molecule has 0 fully saturated rings. The van der Waals surface area contributed by atoms with Gasteiger partial charge in [-0.1, -0.05) is 44.2 Å². The van der Waals surface area contributed by atoms with Gasteiger partial charge in [0.25, 0.3) is 0 Å². The third-order valence-corrected chi connectivity index (χ3v) is 8.22. The molecule has 0 amide bonds. The molecule has 3 atom stereocenters. The molecule has 2 aliphatic carbocycles. The third-order valence-electron chi connectivity index (χ3n) is 6.93. The fourth-order valence-corrected chi connectivity index (χ4v) is 6.82. The fourth-order valence-electron chi connectivity index (χ4n) is 5.23. The van der Waals surface area contributed by atoms with Crippen LogP contribution in [0.4, 0.5) is 0 Å². The van der Waals surface area contributed by atoms with Crippen LogP contribution in [0, 0.1) is 11.3 Å². The van der Waals surface area contributed by atoms with Gasteiger partial charge in [0.1, 0.15) is 5.75 Å². The Balaban J connectivity index is 1.97. The highest BCUT2D eigenvalue weighted by Crippen LogP contribution is 2.55. The third kappa shape index (κ3) is 3.50. The number of fused-ring (bicyclic) bond motifs is 3. The lowest BCUT2D eigenvalue weighted by molar-refractivity contribution is -0.118. The zero-order valence-corrected chi connectivity index (χ0v) is 19.2. The van der Waals surface area contributed by atoms with E-state index in [1.807, 2.05) is 25.1 Å². The van der Waals surface area contributed by atoms with Gasteiger partial charge in [-0.3, -0.25) is 4.79 Å². The number of thioether (sulfide) groups is 1. The van der Waals surface area contributed by atoms with Crippen molar-refractivity contribution in [1.29, 1.82) is 0 Å². The number of carbonyl (C=O) groups is 1. The Morgan fingerprint density at radius 1 is 1.00 bits per heavy atom. The fraction of sp³-hybridized carbons (Fsp3) is 0.423. The molecule has 2 aromatic rings. The van der Waals surface area contributed by atoms with Gasteiger partial charge in [0.05, 0.1) is 18.5 Å². The van der Waals surface area contributed by atoms with Gasteiger partial charge < -0.3 is 9.47 Å². The van der Waals surface area contributed by atoms with Crippen molar-refractivity contribution in [2.75, 3.05) is 14.2 Å². The largest absolute Gasteiger partial charge is 0.496 e. The molecule has 158 valence electrons. The number of benzene rings is 2. The van der Waals surface area contributed by atoms with Crippen molar-refractivity contribution in [2.24, 2.45) is 11.3 Å². The van der Waals surface area contributed by atoms with E-state index in [-0.39, 0.29) is 28.5 Å². The Labute approximate surface area is 183 Å². The molecule has 2 aliphatic rings. The number of hydrogen-bond donors (Lipinski definition) is 0. The predicted molar refractivity (Wildman–Crippen MR) is 122 cm³/mol. The standard InChI is InChI=1S/C26H30O3S/c1-16-21(27)15-17-14-20-19(12-9-13-22(20)28-4)24(29-5)25(23(16)26(17,2)3)30-18-10-7-6-8-11-18/h6-13,17,24-25H,14-15H2,1-5H3/t17-,24-,25-/m1/s1. The molecule has 0 heterocycles. The van der Waals surface area contributed by atoms with E-state index < -0.39 is 0 Å². The Morgan fingerprint density at radius 2 is 1.73 bits per heavy atom. The molecule has 3 nitrogen and oxygen atoms in total. The van der Waals surface area contributed by atoms with Gasteiger partial charge in [-0.15, -0.1) is 11.8 Å². The summed E-state index contributed by atoms with van der Waals surface area (Å²) in [5, 5.41) is 0.00491. The summed E-state index contributed by atoms with van der Waals surface area (Å²) in [6.45, 7) is 6.61. The van der Waals surface area contributed by atoms with Gasteiger partial charge in [-0.25, -0.2) is 0 Å². The molecule has 0 aliphatic heterocycles. The molecular formula is C26H30O3S. The van der Waals surface area contributed by atoms with Gasteiger partial charge in [0.15, 0.2) is 5.78 Å². The predicted octanol–water partition coefficient (Wildman–Crippen LogP) is 6.03. The van der Waals surface area contributed by atoms with Crippen LogP contribution in [0.3, 0.4) is 0 Å². The Hall–Kier alpha value is -2.04. The molecule has 0 saturated carbocycles. The molecule has 4 rings (SSSR count). The first-order valence-electron chi connectivity index (χ1n) is 10.5. The maximum atomic E-state index is 13.1. The Morgan fingerprint density at radius 3 is 2.40 bits per heavy atom. The van der Waals surface area contributed by atoms with Gasteiger partial charge in [-0.2, -0.15) is 0 Å². The molecule has 2 aromatic carbocycles. The van der Waals surface area contributed by atoms with E-state index in [0.29, 0.717) is 6.42 Å². The van der Waals surface area contributed by atoms with Crippen molar-refractivity contribution in [3.05, 3.63) is 70.8 Å². The summed E-state index contributed by atoms with van der Waals surface area (Å²) < 4.78 is 11.9. The molecule has 0 aromatic heterocycles. The van der Waals surface area contributed by atoms with Crippen LogP contribution in [0.1, 0.15) is 44.4 Å². The normalized spacial score (nSPS) is 25.4. The molecule has 2 bridgehead atoms. The number of hydrogen-bond acceptors (Lipinski definition) is 4. The molecule has 0 radical (unpaired) electrons. The number of carbonyl (C=O) groups excluding carboxylic acids is 1. The summed E-state index contributed by atoms with van der Waals surface area (Å²) in [5.74, 6) is 1.38. The minimum Gasteiger partial charge on any atom is -0.496 e. The van der Waals surface area contributed by atoms with Gasteiger partial charge in [0, 0.05) is 24.0 Å². The van der Waals surface area contributed by atoms with Crippen LogP contribution >= 0.6 is 11.8 Å². The van der Waals surface area contributed by atoms with Crippen molar-refractivity contribution in [3.8, 4) is 5.75 Å². The molecule has 0 N–H and O–H groups in total. The van der Waals surface area contributed by atoms with Gasteiger partial charge >= 0.3 is 0 Å². The summed E-state index contributed by atoms with van der Waals surface area (Å²) in [4.78, 5) is 14.3. The summed E-state index contributed by atoms with van der Waals surface area (Å²) in [6.07, 6.45) is 1.23. The molecule has 0 spiro atoms. The summed E-state index contributed by atoms with van der Waals surface area (Å²) >= 11 is 1.80. The number of ether oxygens (including phenoxy) is 2. The quantitative estimate of drug-likeness (QED) is 0.602. The molecule has 0 saturated heterocycles. The van der Waals surface area contributed by atoms with E-state index >= 15 is 0 Å². The Kier molecular flexibility index (Phi) is 5.82. The number of rotatable bonds is 4. The average molecular weight is 423 g/mol. The first kappa shape index (κ1) is 21.2. The van der Waals surface area contributed by atoms with Crippen LogP contribution in [0.5, 0.6) is 5.75 Å². The minimum atomic E-state index is -0.170. The maximum absolute atomic E-state index is 13.1. The first-order chi connectivity index (χ1) is 14.4. The van der Waals surface area contributed by atoms with E-state index in [2.05, 4.69) is 44.2 Å². The van der Waals surface area contributed by atoms with Crippen molar-refractivity contribution in [3.63, 3.8) is 0 Å². The summed E-state index contributed by atoms with van der Waals surface area (Å²) in [7, 11) is 3.50. The van der Waals surface area contributed by atoms with Crippen molar-refractivity contribution in [1.82, 2.24) is 0 Å². The maximum Gasteiger partial charge on any atom is 0.158 e. The summed E-state index contributed by atoms with van der Waals surface area (Å²) in [5.41, 5.74) is 4.39. The zero-order valence-electron chi connectivity index (χ0n) is 18.4. The average Bonchev–Trinajstić information content (AvgIpc) is 2.73. The van der Waals surface area contributed by atoms with Crippen LogP contribution in [0.25, 0.3) is 0 Å². The SMILES string of the molecule is COc1cccc2c1C[C@@H]1CC(=O)C(C)=C([C@@H](Sc3ccccc3)[C@@H]2OC)C1(C)C. The molecule has 4 heteroatoms. The lowest BCUT2D eigenvalue weighted by atomic mass is 9.60. The van der Waals surface area contributed by atoms with Crippen molar-refractivity contribution >= 4 is 17.5 Å². The van der Waals surface area contributed by atoms with Crippen LogP contribution in [0.15, 0.2) is 64.6 Å². The van der Waals surface area contributed by atoms with Crippen molar-refractivity contribution < 1.29 is 14.3 Å². The number of allylic oxidation sites excluding steroid dienone is 1. The molecule has 0 unspecified atom stereocenters. The van der Waals surface area contributed by atoms with E-state index in [9.17, 15) is 4.79 Å². The van der Waals surface area contributed by atoms with E-state index in [4.69, 9.17) is 9.47 Å². The second-order valence-corrected chi connectivity index (χ2v) is 10.0. The second-order valence-electron chi connectivity index (χ2n) is 8.82. The van der Waals surface area contributed by atoms with Crippen LogP contribution in [0.2, 0.25) is 0 Å². The van der Waals surface area contributed by atoms with Gasteiger partial charge in [0.2, 0.25) is 0 Å². The lowest BCUT2D eigenvalue weighted by Gasteiger charge is -2.48. The van der Waals surface area contributed by atoms with E-state index in [0.717, 1.165) is 17.7 Å². The minimum absolute atomic E-state index is 0.00491. The van der Waals surface area contributed by atoms with E-state index in [1.54, 1.807) is 26.0 Å². The highest BCUT2D eigenvalue weighted by molar-refractivity contribution is 8.00. The number of Topliss-reactive ketones (excluding diaryl/α,β-unsaturated/α-hetero) is 1. The van der Waals surface area contributed by atoms with Gasteiger partial charge in [-0.05, 0) is 59.6 Å². The smallest absolute Gasteiger partial charge is 0.158 e. The highest BCUT2D eigenvalue weighted by atomic mass is 32.2. The lowest BCUT2D eigenvalue weighted by Crippen LogP contribution is -2.43. The topological polar surface area (TPSA) is 35.5 Å². The number of methoxy groups -OCH3 is 2. The van der Waals surface area contributed by atoms with Crippen LogP contribution < -0.4 is 4.74 Å². The van der Waals surface area contributed by atoms with Crippen molar-refractivity contribution in [2.45, 2.75) is 49.9 Å². The number of ketones is 1.